The van der Waals surface area contributed by atoms with Crippen LogP contribution in [0.15, 0.2) is 18.2 Å². The predicted molar refractivity (Wildman–Crippen MR) is 81.6 cm³/mol. The molecule has 2 nitrogen and oxygen atoms in total. The molecule has 0 unspecified atom stereocenters. The van der Waals surface area contributed by atoms with Crippen LogP contribution in [0.2, 0.25) is 5.02 Å². The summed E-state index contributed by atoms with van der Waals surface area (Å²) in [6.07, 6.45) is 0. The number of nitrogens with zero attached hydrogens (tertiary/aromatic N) is 1. The summed E-state index contributed by atoms with van der Waals surface area (Å²) < 4.78 is 0. The standard InChI is InChI=1S/C15H25ClN2/c1-5-17-10-13-7-8-14(16)9-15(13)18(6-2)11-12(3)4/h7-9,12,17H,5-6,10-11H2,1-4H3. The third-order valence-electron chi connectivity index (χ3n) is 2.92. The maximum atomic E-state index is 6.14. The minimum atomic E-state index is 0.649. The lowest BCUT2D eigenvalue weighted by molar-refractivity contribution is 0.615. The van der Waals surface area contributed by atoms with E-state index in [1.54, 1.807) is 0 Å². The van der Waals surface area contributed by atoms with E-state index in [4.69, 9.17) is 11.6 Å². The summed E-state index contributed by atoms with van der Waals surface area (Å²) in [5.41, 5.74) is 2.59. The number of hydrogen-bond acceptors (Lipinski definition) is 2. The summed E-state index contributed by atoms with van der Waals surface area (Å²) in [4.78, 5) is 2.41. The number of anilines is 1. The minimum Gasteiger partial charge on any atom is -0.371 e. The topological polar surface area (TPSA) is 15.3 Å². The molecule has 0 bridgehead atoms. The molecule has 1 aromatic rings. The Kier molecular flexibility index (Phi) is 6.51. The van der Waals surface area contributed by atoms with Gasteiger partial charge in [-0.25, -0.2) is 0 Å². The van der Waals surface area contributed by atoms with Crippen molar-refractivity contribution in [2.75, 3.05) is 24.5 Å². The van der Waals surface area contributed by atoms with Crippen molar-refractivity contribution in [2.45, 2.75) is 34.2 Å². The summed E-state index contributed by atoms with van der Waals surface area (Å²) >= 11 is 6.14. The smallest absolute Gasteiger partial charge is 0.0426 e. The van der Waals surface area contributed by atoms with Gasteiger partial charge in [-0.3, -0.25) is 0 Å². The third-order valence-corrected chi connectivity index (χ3v) is 3.16. The molecular formula is C15H25ClN2. The number of benzene rings is 1. The number of rotatable bonds is 7. The highest BCUT2D eigenvalue weighted by Crippen LogP contribution is 2.25. The minimum absolute atomic E-state index is 0.649. The van der Waals surface area contributed by atoms with Gasteiger partial charge in [-0.05, 0) is 37.1 Å². The lowest BCUT2D eigenvalue weighted by Crippen LogP contribution is -2.29. The molecule has 0 spiro atoms. The molecule has 0 fully saturated rings. The Bertz CT molecular complexity index is 364. The van der Waals surface area contributed by atoms with Crippen molar-refractivity contribution in [1.82, 2.24) is 5.32 Å². The third kappa shape index (κ3) is 4.51. The van der Waals surface area contributed by atoms with Gasteiger partial charge in [-0.2, -0.15) is 0 Å². The van der Waals surface area contributed by atoms with Gasteiger partial charge in [0.2, 0.25) is 0 Å². The molecule has 1 N–H and O–H groups in total. The van der Waals surface area contributed by atoms with Crippen LogP contribution in [0.5, 0.6) is 0 Å². The second-order valence-corrected chi connectivity index (χ2v) is 5.42. The van der Waals surface area contributed by atoms with Crippen molar-refractivity contribution in [3.8, 4) is 0 Å². The van der Waals surface area contributed by atoms with Crippen molar-refractivity contribution in [3.05, 3.63) is 28.8 Å². The second-order valence-electron chi connectivity index (χ2n) is 4.99. The quantitative estimate of drug-likeness (QED) is 0.806. The first-order chi connectivity index (χ1) is 8.58. The largest absolute Gasteiger partial charge is 0.371 e. The van der Waals surface area contributed by atoms with E-state index in [1.165, 1.54) is 11.3 Å². The molecule has 18 heavy (non-hydrogen) atoms. The molecule has 0 amide bonds. The number of hydrogen-bond donors (Lipinski definition) is 1. The van der Waals surface area contributed by atoms with Crippen LogP contribution in [0, 0.1) is 5.92 Å². The number of halogens is 1. The zero-order valence-corrected chi connectivity index (χ0v) is 12.7. The average Bonchev–Trinajstić information content (AvgIpc) is 2.34. The van der Waals surface area contributed by atoms with E-state index in [0.717, 1.165) is 31.2 Å². The van der Waals surface area contributed by atoms with Gasteiger partial charge >= 0.3 is 0 Å². The molecule has 3 heteroatoms. The van der Waals surface area contributed by atoms with Crippen molar-refractivity contribution < 1.29 is 0 Å². The van der Waals surface area contributed by atoms with E-state index in [0.29, 0.717) is 5.92 Å². The van der Waals surface area contributed by atoms with Crippen molar-refractivity contribution in [2.24, 2.45) is 5.92 Å². The monoisotopic (exact) mass is 268 g/mol. The van der Waals surface area contributed by atoms with Crippen LogP contribution in [0.1, 0.15) is 33.3 Å². The van der Waals surface area contributed by atoms with E-state index >= 15 is 0 Å². The molecule has 1 rings (SSSR count). The highest BCUT2D eigenvalue weighted by Gasteiger charge is 2.11. The van der Waals surface area contributed by atoms with Gasteiger partial charge in [0.25, 0.3) is 0 Å². The predicted octanol–water partition coefficient (Wildman–Crippen LogP) is 3.93. The van der Waals surface area contributed by atoms with Crippen LogP contribution in [-0.4, -0.2) is 19.6 Å². The molecule has 0 saturated heterocycles. The Labute approximate surface area is 116 Å². The van der Waals surface area contributed by atoms with Gasteiger partial charge < -0.3 is 10.2 Å². The Hall–Kier alpha value is -0.730. The summed E-state index contributed by atoms with van der Waals surface area (Å²) in [5, 5.41) is 4.20. The van der Waals surface area contributed by atoms with E-state index in [1.807, 2.05) is 6.07 Å². The summed E-state index contributed by atoms with van der Waals surface area (Å²) in [6, 6.07) is 6.18. The Morgan fingerprint density at radius 1 is 1.28 bits per heavy atom. The number of nitrogens with one attached hydrogen (secondary N) is 1. The normalized spacial score (nSPS) is 11.0. The van der Waals surface area contributed by atoms with Gasteiger partial charge in [-0.15, -0.1) is 0 Å². The fourth-order valence-corrected chi connectivity index (χ4v) is 2.25. The highest BCUT2D eigenvalue weighted by molar-refractivity contribution is 6.30. The zero-order valence-electron chi connectivity index (χ0n) is 12.0. The lowest BCUT2D eigenvalue weighted by atomic mass is 10.1. The molecule has 0 heterocycles. The first-order valence-corrected chi connectivity index (χ1v) is 7.20. The first-order valence-electron chi connectivity index (χ1n) is 6.82. The molecule has 0 aliphatic carbocycles. The van der Waals surface area contributed by atoms with Crippen LogP contribution in [0.3, 0.4) is 0 Å². The van der Waals surface area contributed by atoms with E-state index in [2.05, 4.69) is 50.0 Å². The van der Waals surface area contributed by atoms with Crippen LogP contribution in [0.25, 0.3) is 0 Å². The van der Waals surface area contributed by atoms with Crippen molar-refractivity contribution in [3.63, 3.8) is 0 Å². The maximum Gasteiger partial charge on any atom is 0.0426 e. The van der Waals surface area contributed by atoms with Gasteiger partial charge in [0.15, 0.2) is 0 Å². The van der Waals surface area contributed by atoms with Gasteiger partial charge in [0, 0.05) is 30.3 Å². The van der Waals surface area contributed by atoms with Crippen LogP contribution < -0.4 is 10.2 Å². The van der Waals surface area contributed by atoms with E-state index < -0.39 is 0 Å². The van der Waals surface area contributed by atoms with Crippen LogP contribution in [0.4, 0.5) is 5.69 Å². The van der Waals surface area contributed by atoms with Crippen molar-refractivity contribution >= 4 is 17.3 Å². The SMILES string of the molecule is CCNCc1ccc(Cl)cc1N(CC)CC(C)C. The molecular weight excluding hydrogens is 244 g/mol. The molecule has 0 atom stereocenters. The van der Waals surface area contributed by atoms with Gasteiger partial charge in [0.05, 0.1) is 0 Å². The molecule has 0 aliphatic heterocycles. The summed E-state index contributed by atoms with van der Waals surface area (Å²) in [7, 11) is 0. The van der Waals surface area contributed by atoms with Crippen molar-refractivity contribution in [1.29, 1.82) is 0 Å². The fraction of sp³-hybridized carbons (Fsp3) is 0.600. The first kappa shape index (κ1) is 15.3. The molecule has 0 aliphatic rings. The van der Waals surface area contributed by atoms with E-state index in [9.17, 15) is 0 Å². The van der Waals surface area contributed by atoms with Crippen LogP contribution in [-0.2, 0) is 6.54 Å². The lowest BCUT2D eigenvalue weighted by Gasteiger charge is -2.28. The molecule has 0 saturated carbocycles. The van der Waals surface area contributed by atoms with E-state index in [-0.39, 0.29) is 0 Å². The summed E-state index contributed by atoms with van der Waals surface area (Å²) in [6.45, 7) is 12.8. The van der Waals surface area contributed by atoms with Gasteiger partial charge in [0.1, 0.15) is 0 Å². The Morgan fingerprint density at radius 3 is 2.56 bits per heavy atom. The van der Waals surface area contributed by atoms with Gasteiger partial charge in [-0.1, -0.05) is 38.4 Å². The Morgan fingerprint density at radius 2 is 2.00 bits per heavy atom. The fourth-order valence-electron chi connectivity index (χ4n) is 2.08. The molecule has 0 radical (unpaired) electrons. The molecule has 102 valence electrons. The zero-order chi connectivity index (χ0) is 13.5. The van der Waals surface area contributed by atoms with Crippen LogP contribution >= 0.6 is 11.6 Å². The second kappa shape index (κ2) is 7.65. The molecule has 1 aromatic carbocycles. The maximum absolute atomic E-state index is 6.14. The molecule has 0 aromatic heterocycles. The summed E-state index contributed by atoms with van der Waals surface area (Å²) in [5.74, 6) is 0.649. The average molecular weight is 269 g/mol. The highest BCUT2D eigenvalue weighted by atomic mass is 35.5. The Balaban J connectivity index is 2.97.